The number of nitrogens with zero attached hydrogens (tertiary/aromatic N) is 1. The number of rotatable bonds is 8. The number of carbonyl (C=O) groups excluding carboxylic acids is 1. The van der Waals surface area contributed by atoms with Gasteiger partial charge in [0, 0.05) is 36.0 Å². The molecule has 1 rings (SSSR count). The highest BCUT2D eigenvalue weighted by Gasteiger charge is 2.17. The van der Waals surface area contributed by atoms with E-state index < -0.39 is 5.60 Å². The van der Waals surface area contributed by atoms with Crippen molar-refractivity contribution in [1.82, 2.24) is 15.6 Å². The predicted octanol–water partition coefficient (Wildman–Crippen LogP) is 4.02. The molecule has 2 N–H and O–H groups in total. The quantitative estimate of drug-likeness (QED) is 0.709. The van der Waals surface area contributed by atoms with Gasteiger partial charge in [0.1, 0.15) is 5.60 Å². The lowest BCUT2D eigenvalue weighted by Crippen LogP contribution is -2.42. The van der Waals surface area contributed by atoms with Gasteiger partial charge in [-0.1, -0.05) is 19.8 Å². The third-order valence-corrected chi connectivity index (χ3v) is 3.59. The van der Waals surface area contributed by atoms with Crippen molar-refractivity contribution >= 4 is 22.0 Å². The number of pyridine rings is 1. The highest BCUT2D eigenvalue weighted by molar-refractivity contribution is 9.10. The molecule has 0 saturated carbocycles. The Bertz CT molecular complexity index is 489. The zero-order chi connectivity index (χ0) is 17.3. The van der Waals surface area contributed by atoms with Crippen molar-refractivity contribution in [2.45, 2.75) is 65.1 Å². The fourth-order valence-electron chi connectivity index (χ4n) is 2.06. The fourth-order valence-corrected chi connectivity index (χ4v) is 2.47. The molecule has 0 aliphatic carbocycles. The van der Waals surface area contributed by atoms with E-state index in [2.05, 4.69) is 38.5 Å². The molecule has 1 aromatic rings. The molecule has 0 aliphatic heterocycles. The molecule has 0 fully saturated rings. The Balaban J connectivity index is 2.47. The maximum absolute atomic E-state index is 11.8. The molecule has 0 radical (unpaired) electrons. The predicted molar refractivity (Wildman–Crippen MR) is 96.3 cm³/mol. The van der Waals surface area contributed by atoms with Crippen LogP contribution in [0.3, 0.4) is 0 Å². The first-order valence-corrected chi connectivity index (χ1v) is 8.89. The van der Waals surface area contributed by atoms with Gasteiger partial charge in [0.25, 0.3) is 0 Å². The number of carbonyl (C=O) groups is 1. The number of unbranched alkanes of at least 4 members (excludes halogenated alkanes) is 1. The number of halogens is 1. The van der Waals surface area contributed by atoms with Gasteiger partial charge in [-0.2, -0.15) is 0 Å². The van der Waals surface area contributed by atoms with Crippen LogP contribution in [-0.4, -0.2) is 29.3 Å². The minimum Gasteiger partial charge on any atom is -0.444 e. The lowest BCUT2D eigenvalue weighted by Gasteiger charge is -2.22. The zero-order valence-corrected chi connectivity index (χ0v) is 16.1. The van der Waals surface area contributed by atoms with Crippen molar-refractivity contribution in [3.63, 3.8) is 0 Å². The molecule has 1 unspecified atom stereocenters. The molecular weight excluding hydrogens is 358 g/mol. The van der Waals surface area contributed by atoms with Gasteiger partial charge in [-0.15, -0.1) is 0 Å². The van der Waals surface area contributed by atoms with Gasteiger partial charge in [0.15, 0.2) is 0 Å². The highest BCUT2D eigenvalue weighted by atomic mass is 79.9. The Labute approximate surface area is 147 Å². The number of nitrogens with one attached hydrogen (secondary N) is 2. The van der Waals surface area contributed by atoms with Crippen molar-refractivity contribution in [1.29, 1.82) is 0 Å². The van der Waals surface area contributed by atoms with Gasteiger partial charge in [-0.25, -0.2) is 4.79 Å². The van der Waals surface area contributed by atoms with E-state index in [0.717, 1.165) is 35.8 Å². The topological polar surface area (TPSA) is 63.2 Å². The minimum atomic E-state index is -0.474. The average molecular weight is 386 g/mol. The Morgan fingerprint density at radius 2 is 2.13 bits per heavy atom. The van der Waals surface area contributed by atoms with Crippen LogP contribution >= 0.6 is 15.9 Å². The second-order valence-corrected chi connectivity index (χ2v) is 7.53. The maximum Gasteiger partial charge on any atom is 0.407 e. The summed E-state index contributed by atoms with van der Waals surface area (Å²) in [6.07, 6.45) is 6.49. The standard InChI is InChI=1S/C17H28BrN3O2/c1-5-6-7-15(12-21-16(22)23-17(2,3)4)20-10-13-8-14(18)11-19-9-13/h8-9,11,15,20H,5-7,10,12H2,1-4H3,(H,21,22). The Morgan fingerprint density at radius 3 is 2.74 bits per heavy atom. The lowest BCUT2D eigenvalue weighted by molar-refractivity contribution is 0.0521. The minimum absolute atomic E-state index is 0.210. The molecule has 6 heteroatoms. The van der Waals surface area contributed by atoms with E-state index in [1.165, 1.54) is 0 Å². The zero-order valence-electron chi connectivity index (χ0n) is 14.5. The number of hydrogen-bond donors (Lipinski definition) is 2. The van der Waals surface area contributed by atoms with Crippen molar-refractivity contribution in [2.75, 3.05) is 6.54 Å². The molecule has 0 bridgehead atoms. The van der Waals surface area contributed by atoms with E-state index in [-0.39, 0.29) is 12.1 Å². The maximum atomic E-state index is 11.8. The third kappa shape index (κ3) is 9.56. The monoisotopic (exact) mass is 385 g/mol. The van der Waals surface area contributed by atoms with Crippen LogP contribution in [0.1, 0.15) is 52.5 Å². The summed E-state index contributed by atoms with van der Waals surface area (Å²) in [7, 11) is 0. The molecule has 1 heterocycles. The first-order chi connectivity index (χ1) is 10.8. The third-order valence-electron chi connectivity index (χ3n) is 3.15. The lowest BCUT2D eigenvalue weighted by atomic mass is 10.1. The summed E-state index contributed by atoms with van der Waals surface area (Å²) < 4.78 is 6.24. The highest BCUT2D eigenvalue weighted by Crippen LogP contribution is 2.10. The first kappa shape index (κ1) is 19.9. The van der Waals surface area contributed by atoms with Crippen molar-refractivity contribution in [3.05, 3.63) is 28.5 Å². The average Bonchev–Trinajstić information content (AvgIpc) is 2.44. The second-order valence-electron chi connectivity index (χ2n) is 6.61. The summed E-state index contributed by atoms with van der Waals surface area (Å²) in [5.74, 6) is 0. The molecular formula is C17H28BrN3O2. The molecule has 0 saturated heterocycles. The number of amides is 1. The van der Waals surface area contributed by atoms with E-state index in [4.69, 9.17) is 4.74 Å². The van der Waals surface area contributed by atoms with Crippen LogP contribution in [0.5, 0.6) is 0 Å². The summed E-state index contributed by atoms with van der Waals surface area (Å²) in [5.41, 5.74) is 0.636. The van der Waals surface area contributed by atoms with Crippen molar-refractivity contribution < 1.29 is 9.53 Å². The number of alkyl carbamates (subject to hydrolysis) is 1. The largest absolute Gasteiger partial charge is 0.444 e. The molecule has 5 nitrogen and oxygen atoms in total. The van der Waals surface area contributed by atoms with E-state index >= 15 is 0 Å². The van der Waals surface area contributed by atoms with Crippen LogP contribution in [0.4, 0.5) is 4.79 Å². The van der Waals surface area contributed by atoms with Crippen LogP contribution in [0, 0.1) is 0 Å². The van der Waals surface area contributed by atoms with Gasteiger partial charge in [-0.3, -0.25) is 4.98 Å². The summed E-state index contributed by atoms with van der Waals surface area (Å²) in [4.78, 5) is 15.9. The molecule has 1 amide bonds. The van der Waals surface area contributed by atoms with Crippen molar-refractivity contribution in [3.8, 4) is 0 Å². The first-order valence-electron chi connectivity index (χ1n) is 8.10. The van der Waals surface area contributed by atoms with Crippen LogP contribution in [0.25, 0.3) is 0 Å². The number of aromatic nitrogens is 1. The summed E-state index contributed by atoms with van der Waals surface area (Å²) >= 11 is 3.42. The molecule has 130 valence electrons. The van der Waals surface area contributed by atoms with Crippen LogP contribution in [0.2, 0.25) is 0 Å². The molecule has 0 spiro atoms. The summed E-state index contributed by atoms with van der Waals surface area (Å²) in [6, 6.07) is 2.25. The van der Waals surface area contributed by atoms with Gasteiger partial charge < -0.3 is 15.4 Å². The van der Waals surface area contributed by atoms with Crippen LogP contribution in [0.15, 0.2) is 22.9 Å². The normalized spacial score (nSPS) is 12.7. The molecule has 23 heavy (non-hydrogen) atoms. The number of hydrogen-bond acceptors (Lipinski definition) is 4. The molecule has 0 aliphatic rings. The van der Waals surface area contributed by atoms with Crippen LogP contribution < -0.4 is 10.6 Å². The van der Waals surface area contributed by atoms with E-state index in [9.17, 15) is 4.79 Å². The second kappa shape index (κ2) is 9.88. The summed E-state index contributed by atoms with van der Waals surface area (Å²) in [5, 5.41) is 6.33. The fraction of sp³-hybridized carbons (Fsp3) is 0.647. The van der Waals surface area contributed by atoms with Gasteiger partial charge in [-0.05, 0) is 54.8 Å². The Morgan fingerprint density at radius 1 is 1.39 bits per heavy atom. The van der Waals surface area contributed by atoms with Crippen LogP contribution in [-0.2, 0) is 11.3 Å². The van der Waals surface area contributed by atoms with E-state index in [1.807, 2.05) is 33.0 Å². The summed E-state index contributed by atoms with van der Waals surface area (Å²) in [6.45, 7) is 9.02. The molecule has 1 aromatic heterocycles. The van der Waals surface area contributed by atoms with E-state index in [1.54, 1.807) is 6.20 Å². The Kier molecular flexibility index (Phi) is 8.55. The van der Waals surface area contributed by atoms with E-state index in [0.29, 0.717) is 6.54 Å². The smallest absolute Gasteiger partial charge is 0.407 e. The number of ether oxygens (including phenoxy) is 1. The molecule has 0 aromatic carbocycles. The van der Waals surface area contributed by atoms with Gasteiger partial charge in [0.05, 0.1) is 0 Å². The van der Waals surface area contributed by atoms with Gasteiger partial charge in [0.2, 0.25) is 0 Å². The van der Waals surface area contributed by atoms with Gasteiger partial charge >= 0.3 is 6.09 Å². The van der Waals surface area contributed by atoms with Crippen molar-refractivity contribution in [2.24, 2.45) is 0 Å². The Hall–Kier alpha value is -1.14. The molecule has 1 atom stereocenters. The SMILES string of the molecule is CCCCC(CNC(=O)OC(C)(C)C)NCc1cncc(Br)c1.